The van der Waals surface area contributed by atoms with Crippen molar-refractivity contribution in [2.24, 2.45) is 0 Å². The molecule has 0 rings (SSSR count). The van der Waals surface area contributed by atoms with Crippen molar-refractivity contribution in [2.75, 3.05) is 6.61 Å². The number of nitrogens with zero attached hydrogens (tertiary/aromatic N) is 1. The van der Waals surface area contributed by atoms with Crippen molar-refractivity contribution in [2.45, 2.75) is 0 Å². The molecule has 1 amide bonds. The van der Waals surface area contributed by atoms with Crippen molar-refractivity contribution in [1.29, 1.82) is 5.26 Å². The van der Waals surface area contributed by atoms with Gasteiger partial charge in [-0.15, -0.1) is 6.42 Å². The fourth-order valence-corrected chi connectivity index (χ4v) is 0.189. The standard InChI is InChI=1S/C5H4N2O2/c1-2-3-9-5(8)7-4-6/h1H,3H2,(H,7,8). The Morgan fingerprint density at radius 3 is 3.00 bits per heavy atom. The maximum absolute atomic E-state index is 10.2. The van der Waals surface area contributed by atoms with Crippen molar-refractivity contribution >= 4 is 6.09 Å². The minimum absolute atomic E-state index is 0.118. The van der Waals surface area contributed by atoms with Gasteiger partial charge in [0, 0.05) is 0 Å². The fraction of sp³-hybridized carbons (Fsp3) is 0.200. The molecule has 0 heterocycles. The second-order valence-corrected chi connectivity index (χ2v) is 1.02. The molecular weight excluding hydrogens is 120 g/mol. The summed E-state index contributed by atoms with van der Waals surface area (Å²) in [5.74, 6) is 2.06. The summed E-state index contributed by atoms with van der Waals surface area (Å²) in [6, 6.07) is 0. The largest absolute Gasteiger partial charge is 0.436 e. The van der Waals surface area contributed by atoms with E-state index in [-0.39, 0.29) is 6.61 Å². The predicted octanol–water partition coefficient (Wildman–Crippen LogP) is -0.173. The molecule has 9 heavy (non-hydrogen) atoms. The van der Waals surface area contributed by atoms with Crippen molar-refractivity contribution in [1.82, 2.24) is 5.32 Å². The molecule has 0 radical (unpaired) electrons. The van der Waals surface area contributed by atoms with Crippen LogP contribution >= 0.6 is 0 Å². The van der Waals surface area contributed by atoms with E-state index in [4.69, 9.17) is 11.7 Å². The van der Waals surface area contributed by atoms with Crippen molar-refractivity contribution in [3.63, 3.8) is 0 Å². The van der Waals surface area contributed by atoms with Gasteiger partial charge in [-0.3, -0.25) is 0 Å². The number of nitrogens with one attached hydrogen (secondary N) is 1. The number of carbonyl (C=O) groups is 1. The summed E-state index contributed by atoms with van der Waals surface area (Å²) >= 11 is 0. The van der Waals surface area contributed by atoms with E-state index in [1.54, 1.807) is 5.32 Å². The van der Waals surface area contributed by atoms with Gasteiger partial charge in [-0.2, -0.15) is 5.26 Å². The molecule has 0 atom stereocenters. The van der Waals surface area contributed by atoms with Gasteiger partial charge in [0.25, 0.3) is 0 Å². The summed E-state index contributed by atoms with van der Waals surface area (Å²) in [5, 5.41) is 9.55. The zero-order chi connectivity index (χ0) is 7.11. The van der Waals surface area contributed by atoms with E-state index in [2.05, 4.69) is 10.7 Å². The SMILES string of the molecule is C#CCOC(=O)NC#N. The average Bonchev–Trinajstić information content (AvgIpc) is 1.85. The van der Waals surface area contributed by atoms with E-state index >= 15 is 0 Å². The second kappa shape index (κ2) is 4.48. The van der Waals surface area contributed by atoms with Gasteiger partial charge in [0.2, 0.25) is 0 Å². The lowest BCUT2D eigenvalue weighted by atomic mass is 10.8. The van der Waals surface area contributed by atoms with E-state index in [0.717, 1.165) is 0 Å². The normalized spacial score (nSPS) is 6.44. The van der Waals surface area contributed by atoms with E-state index in [1.807, 2.05) is 0 Å². The summed E-state index contributed by atoms with van der Waals surface area (Å²) in [6.45, 7) is -0.118. The summed E-state index contributed by atoms with van der Waals surface area (Å²) in [4.78, 5) is 10.2. The van der Waals surface area contributed by atoms with Crippen LogP contribution in [0.3, 0.4) is 0 Å². The number of hydrogen-bond acceptors (Lipinski definition) is 3. The van der Waals surface area contributed by atoms with Crippen molar-refractivity contribution in [3.8, 4) is 18.5 Å². The van der Waals surface area contributed by atoms with Crippen LogP contribution in [-0.4, -0.2) is 12.7 Å². The third-order valence-corrected chi connectivity index (χ3v) is 0.445. The molecule has 0 saturated carbocycles. The number of terminal acetylenes is 1. The van der Waals surface area contributed by atoms with Crippen LogP contribution in [0.15, 0.2) is 0 Å². The van der Waals surface area contributed by atoms with Crippen LogP contribution in [0, 0.1) is 23.8 Å². The molecule has 4 heteroatoms. The molecule has 0 aromatic rings. The minimum Gasteiger partial charge on any atom is -0.436 e. The van der Waals surface area contributed by atoms with Gasteiger partial charge in [0.05, 0.1) is 0 Å². The second-order valence-electron chi connectivity index (χ2n) is 1.02. The fourth-order valence-electron chi connectivity index (χ4n) is 0.189. The Morgan fingerprint density at radius 1 is 1.89 bits per heavy atom. The molecule has 0 saturated heterocycles. The van der Waals surface area contributed by atoms with Crippen LogP contribution in [0.2, 0.25) is 0 Å². The molecule has 0 spiro atoms. The average molecular weight is 124 g/mol. The van der Waals surface area contributed by atoms with Crippen LogP contribution in [0.4, 0.5) is 4.79 Å². The first-order chi connectivity index (χ1) is 4.31. The lowest BCUT2D eigenvalue weighted by Crippen LogP contribution is -2.18. The Balaban J connectivity index is 3.33. The molecule has 0 unspecified atom stereocenters. The topological polar surface area (TPSA) is 62.1 Å². The van der Waals surface area contributed by atoms with E-state index in [9.17, 15) is 4.79 Å². The summed E-state index contributed by atoms with van der Waals surface area (Å²) in [5.41, 5.74) is 0. The summed E-state index contributed by atoms with van der Waals surface area (Å²) in [7, 11) is 0. The van der Waals surface area contributed by atoms with Crippen LogP contribution in [0.25, 0.3) is 0 Å². The Morgan fingerprint density at radius 2 is 2.56 bits per heavy atom. The zero-order valence-electron chi connectivity index (χ0n) is 4.55. The van der Waals surface area contributed by atoms with E-state index < -0.39 is 6.09 Å². The number of amides is 1. The first-order valence-electron chi connectivity index (χ1n) is 2.06. The zero-order valence-corrected chi connectivity index (χ0v) is 4.55. The highest BCUT2D eigenvalue weighted by Gasteiger charge is 1.94. The first-order valence-corrected chi connectivity index (χ1v) is 2.06. The number of rotatable bonds is 1. The van der Waals surface area contributed by atoms with Gasteiger partial charge in [-0.05, 0) is 0 Å². The lowest BCUT2D eigenvalue weighted by Gasteiger charge is -1.93. The highest BCUT2D eigenvalue weighted by atomic mass is 16.5. The molecule has 0 fully saturated rings. The number of hydrogen-bond donors (Lipinski definition) is 1. The molecular formula is C5H4N2O2. The van der Waals surface area contributed by atoms with Crippen LogP contribution in [0.5, 0.6) is 0 Å². The molecule has 4 nitrogen and oxygen atoms in total. The number of alkyl carbamates (subject to hydrolysis) is 1. The molecule has 46 valence electrons. The quantitative estimate of drug-likeness (QED) is 0.300. The first kappa shape index (κ1) is 7.32. The van der Waals surface area contributed by atoms with Gasteiger partial charge in [-0.25, -0.2) is 10.1 Å². The Bertz CT molecular complexity index is 174. The molecule has 0 aromatic heterocycles. The van der Waals surface area contributed by atoms with Crippen LogP contribution < -0.4 is 5.32 Å². The Hall–Kier alpha value is -1.68. The number of ether oxygens (including phenoxy) is 1. The van der Waals surface area contributed by atoms with Gasteiger partial charge in [-0.1, -0.05) is 5.92 Å². The number of nitriles is 1. The van der Waals surface area contributed by atoms with Crippen molar-refractivity contribution < 1.29 is 9.53 Å². The summed E-state index contributed by atoms with van der Waals surface area (Å²) in [6.07, 6.45) is 5.29. The third kappa shape index (κ3) is 4.17. The highest BCUT2D eigenvalue weighted by molar-refractivity contribution is 5.68. The molecule has 0 aromatic carbocycles. The highest BCUT2D eigenvalue weighted by Crippen LogP contribution is 1.72. The smallest absolute Gasteiger partial charge is 0.421 e. The van der Waals surface area contributed by atoms with E-state index in [0.29, 0.717) is 0 Å². The maximum Gasteiger partial charge on any atom is 0.421 e. The monoisotopic (exact) mass is 124 g/mol. The number of carbonyl (C=O) groups excluding carboxylic acids is 1. The van der Waals surface area contributed by atoms with Crippen LogP contribution in [-0.2, 0) is 4.74 Å². The van der Waals surface area contributed by atoms with Gasteiger partial charge in [0.1, 0.15) is 0 Å². The predicted molar refractivity (Wildman–Crippen MR) is 28.9 cm³/mol. The molecule has 0 bridgehead atoms. The van der Waals surface area contributed by atoms with Crippen LogP contribution in [0.1, 0.15) is 0 Å². The van der Waals surface area contributed by atoms with E-state index in [1.165, 1.54) is 6.19 Å². The Kier molecular flexibility index (Phi) is 3.64. The molecule has 0 aliphatic carbocycles. The molecule has 0 aliphatic heterocycles. The van der Waals surface area contributed by atoms with Gasteiger partial charge < -0.3 is 4.74 Å². The Labute approximate surface area is 52.4 Å². The molecule has 1 N–H and O–H groups in total. The third-order valence-electron chi connectivity index (χ3n) is 0.445. The van der Waals surface area contributed by atoms with Crippen molar-refractivity contribution in [3.05, 3.63) is 0 Å². The summed E-state index contributed by atoms with van der Waals surface area (Å²) < 4.78 is 4.22. The van der Waals surface area contributed by atoms with Gasteiger partial charge >= 0.3 is 6.09 Å². The lowest BCUT2D eigenvalue weighted by molar-refractivity contribution is 0.165. The maximum atomic E-state index is 10.2. The molecule has 0 aliphatic rings. The van der Waals surface area contributed by atoms with Gasteiger partial charge in [0.15, 0.2) is 12.8 Å². The minimum atomic E-state index is -0.824.